The van der Waals surface area contributed by atoms with Gasteiger partial charge in [-0.25, -0.2) is 0 Å². The molecule has 0 saturated heterocycles. The van der Waals surface area contributed by atoms with Gasteiger partial charge < -0.3 is 9.72 Å². The van der Waals surface area contributed by atoms with Crippen LogP contribution in [0.25, 0.3) is 10.9 Å². The van der Waals surface area contributed by atoms with E-state index in [4.69, 9.17) is 4.74 Å². The van der Waals surface area contributed by atoms with Crippen LogP contribution in [0.5, 0.6) is 0 Å². The second-order valence-corrected chi connectivity index (χ2v) is 5.28. The standard InChI is InChI=1S/C12H12BrNO2S/c1-2-16-11(15)7-17-10-6-14-9-5-3-4-8(13)12(9)10/h3-6,14H,2,7H2,1H3. The van der Waals surface area contributed by atoms with Crippen molar-refractivity contribution < 1.29 is 9.53 Å². The number of hydrogen-bond acceptors (Lipinski definition) is 3. The number of thioether (sulfide) groups is 1. The summed E-state index contributed by atoms with van der Waals surface area (Å²) in [6, 6.07) is 5.97. The van der Waals surface area contributed by atoms with Crippen molar-refractivity contribution in [3.05, 3.63) is 28.9 Å². The molecule has 0 unspecified atom stereocenters. The highest BCUT2D eigenvalue weighted by atomic mass is 79.9. The Morgan fingerprint density at radius 2 is 2.35 bits per heavy atom. The first-order chi connectivity index (χ1) is 8.22. The molecule has 5 heteroatoms. The third-order valence-electron chi connectivity index (χ3n) is 2.27. The van der Waals surface area contributed by atoms with Gasteiger partial charge in [0, 0.05) is 26.5 Å². The maximum atomic E-state index is 11.3. The van der Waals surface area contributed by atoms with Crippen LogP contribution in [0.2, 0.25) is 0 Å². The first-order valence-corrected chi connectivity index (χ1v) is 7.04. The first-order valence-electron chi connectivity index (χ1n) is 5.26. The van der Waals surface area contributed by atoms with Crippen LogP contribution < -0.4 is 0 Å². The molecule has 3 nitrogen and oxygen atoms in total. The molecule has 1 N–H and O–H groups in total. The van der Waals surface area contributed by atoms with Crippen molar-refractivity contribution in [2.24, 2.45) is 0 Å². The minimum Gasteiger partial charge on any atom is -0.465 e. The molecule has 1 aromatic heterocycles. The SMILES string of the molecule is CCOC(=O)CSc1c[nH]c2cccc(Br)c12. The van der Waals surface area contributed by atoms with E-state index in [0.717, 1.165) is 20.3 Å². The third kappa shape index (κ3) is 2.84. The largest absolute Gasteiger partial charge is 0.465 e. The maximum Gasteiger partial charge on any atom is 0.316 e. The van der Waals surface area contributed by atoms with Crippen molar-refractivity contribution in [1.82, 2.24) is 4.98 Å². The van der Waals surface area contributed by atoms with Gasteiger partial charge in [-0.1, -0.05) is 22.0 Å². The summed E-state index contributed by atoms with van der Waals surface area (Å²) >= 11 is 5.00. The summed E-state index contributed by atoms with van der Waals surface area (Å²) in [5.41, 5.74) is 1.06. The summed E-state index contributed by atoms with van der Waals surface area (Å²) in [5.74, 6) is 0.154. The summed E-state index contributed by atoms with van der Waals surface area (Å²) in [7, 11) is 0. The van der Waals surface area contributed by atoms with Gasteiger partial charge in [0.05, 0.1) is 12.4 Å². The molecular formula is C12H12BrNO2S. The predicted molar refractivity (Wildman–Crippen MR) is 73.4 cm³/mol. The molecule has 17 heavy (non-hydrogen) atoms. The fourth-order valence-electron chi connectivity index (χ4n) is 1.56. The molecule has 0 fully saturated rings. The second-order valence-electron chi connectivity index (χ2n) is 3.41. The van der Waals surface area contributed by atoms with E-state index in [1.165, 1.54) is 11.8 Å². The Morgan fingerprint density at radius 1 is 1.53 bits per heavy atom. The molecule has 0 atom stereocenters. The van der Waals surface area contributed by atoms with Gasteiger partial charge in [-0.2, -0.15) is 0 Å². The lowest BCUT2D eigenvalue weighted by molar-refractivity contribution is -0.139. The van der Waals surface area contributed by atoms with Crippen LogP contribution in [0.4, 0.5) is 0 Å². The molecular weight excluding hydrogens is 302 g/mol. The molecule has 0 bridgehead atoms. The summed E-state index contributed by atoms with van der Waals surface area (Å²) in [6.07, 6.45) is 1.92. The number of rotatable bonds is 4. The summed E-state index contributed by atoms with van der Waals surface area (Å²) < 4.78 is 5.93. The van der Waals surface area contributed by atoms with Crippen LogP contribution in [0.1, 0.15) is 6.92 Å². The van der Waals surface area contributed by atoms with E-state index in [1.54, 1.807) is 0 Å². The molecule has 0 radical (unpaired) electrons. The van der Waals surface area contributed by atoms with Crippen molar-refractivity contribution in [3.63, 3.8) is 0 Å². The van der Waals surface area contributed by atoms with Crippen molar-refractivity contribution in [2.45, 2.75) is 11.8 Å². The molecule has 0 spiro atoms. The van der Waals surface area contributed by atoms with E-state index in [1.807, 2.05) is 31.3 Å². The number of esters is 1. The van der Waals surface area contributed by atoms with Gasteiger partial charge in [-0.15, -0.1) is 11.8 Å². The summed E-state index contributed by atoms with van der Waals surface area (Å²) in [4.78, 5) is 15.5. The first kappa shape index (κ1) is 12.5. The van der Waals surface area contributed by atoms with Gasteiger partial charge in [-0.3, -0.25) is 4.79 Å². The maximum absolute atomic E-state index is 11.3. The fourth-order valence-corrected chi connectivity index (χ4v) is 3.14. The number of carbonyl (C=O) groups excluding carboxylic acids is 1. The number of hydrogen-bond donors (Lipinski definition) is 1. The quantitative estimate of drug-likeness (QED) is 0.693. The van der Waals surface area contributed by atoms with Crippen molar-refractivity contribution in [3.8, 4) is 0 Å². The predicted octanol–water partition coefficient (Wildman–Crippen LogP) is 3.59. The van der Waals surface area contributed by atoms with E-state index in [-0.39, 0.29) is 5.97 Å². The lowest BCUT2D eigenvalue weighted by Crippen LogP contribution is -2.06. The zero-order valence-electron chi connectivity index (χ0n) is 9.33. The smallest absolute Gasteiger partial charge is 0.316 e. The van der Waals surface area contributed by atoms with E-state index < -0.39 is 0 Å². The molecule has 0 aliphatic carbocycles. The van der Waals surface area contributed by atoms with E-state index in [2.05, 4.69) is 20.9 Å². The van der Waals surface area contributed by atoms with Gasteiger partial charge in [0.1, 0.15) is 0 Å². The highest BCUT2D eigenvalue weighted by molar-refractivity contribution is 9.10. The molecule has 1 heterocycles. The number of aromatic amines is 1. The van der Waals surface area contributed by atoms with Crippen LogP contribution in [0, 0.1) is 0 Å². The number of benzene rings is 1. The van der Waals surface area contributed by atoms with E-state index in [9.17, 15) is 4.79 Å². The van der Waals surface area contributed by atoms with Gasteiger partial charge in [0.15, 0.2) is 0 Å². The Balaban J connectivity index is 2.16. The third-order valence-corrected chi connectivity index (χ3v) is 3.94. The van der Waals surface area contributed by atoms with Gasteiger partial charge in [-0.05, 0) is 19.1 Å². The normalized spacial score (nSPS) is 10.7. The van der Waals surface area contributed by atoms with Crippen molar-refractivity contribution >= 4 is 44.6 Å². The number of aromatic nitrogens is 1. The highest BCUT2D eigenvalue weighted by Gasteiger charge is 2.09. The lowest BCUT2D eigenvalue weighted by Gasteiger charge is -2.01. The number of carbonyl (C=O) groups is 1. The summed E-state index contributed by atoms with van der Waals surface area (Å²) in [5, 5.41) is 1.11. The summed E-state index contributed by atoms with van der Waals surface area (Å²) in [6.45, 7) is 2.24. The van der Waals surface area contributed by atoms with Crippen LogP contribution in [-0.4, -0.2) is 23.3 Å². The zero-order chi connectivity index (χ0) is 12.3. The molecule has 2 aromatic rings. The Kier molecular flexibility index (Phi) is 4.12. The molecule has 0 amide bonds. The van der Waals surface area contributed by atoms with Crippen LogP contribution in [-0.2, 0) is 9.53 Å². The molecule has 90 valence electrons. The number of halogens is 1. The second kappa shape index (κ2) is 5.60. The molecule has 0 saturated carbocycles. The zero-order valence-corrected chi connectivity index (χ0v) is 11.7. The van der Waals surface area contributed by atoms with E-state index >= 15 is 0 Å². The average molecular weight is 314 g/mol. The monoisotopic (exact) mass is 313 g/mol. The number of nitrogens with one attached hydrogen (secondary N) is 1. The number of ether oxygens (including phenoxy) is 1. The van der Waals surface area contributed by atoms with Gasteiger partial charge in [0.25, 0.3) is 0 Å². The van der Waals surface area contributed by atoms with Crippen molar-refractivity contribution in [2.75, 3.05) is 12.4 Å². The average Bonchev–Trinajstić information content (AvgIpc) is 2.71. The van der Waals surface area contributed by atoms with Gasteiger partial charge >= 0.3 is 5.97 Å². The topological polar surface area (TPSA) is 42.1 Å². The lowest BCUT2D eigenvalue weighted by atomic mass is 10.2. The Bertz CT molecular complexity index is 538. The minimum atomic E-state index is -0.182. The molecule has 0 aliphatic rings. The molecule has 1 aromatic carbocycles. The minimum absolute atomic E-state index is 0.182. The molecule has 2 rings (SSSR count). The Hall–Kier alpha value is -0.940. The van der Waals surface area contributed by atoms with Crippen LogP contribution in [0.15, 0.2) is 33.8 Å². The number of H-pyrrole nitrogens is 1. The van der Waals surface area contributed by atoms with Crippen molar-refractivity contribution in [1.29, 1.82) is 0 Å². The van der Waals surface area contributed by atoms with Crippen LogP contribution in [0.3, 0.4) is 0 Å². The molecule has 0 aliphatic heterocycles. The van der Waals surface area contributed by atoms with E-state index in [0.29, 0.717) is 12.4 Å². The fraction of sp³-hybridized carbons (Fsp3) is 0.250. The highest BCUT2D eigenvalue weighted by Crippen LogP contribution is 2.33. The van der Waals surface area contributed by atoms with Crippen LogP contribution >= 0.6 is 27.7 Å². The van der Waals surface area contributed by atoms with Gasteiger partial charge in [0.2, 0.25) is 0 Å². The Labute approximate surface area is 112 Å². The number of fused-ring (bicyclic) bond motifs is 1. The Morgan fingerprint density at radius 3 is 3.12 bits per heavy atom.